The minimum absolute atomic E-state index is 0.119. The third-order valence-corrected chi connectivity index (χ3v) is 8.30. The van der Waals surface area contributed by atoms with Gasteiger partial charge in [-0.2, -0.15) is 0 Å². The fourth-order valence-electron chi connectivity index (χ4n) is 5.34. The van der Waals surface area contributed by atoms with Crippen LogP contribution in [0.5, 0.6) is 0 Å². The van der Waals surface area contributed by atoms with E-state index in [1.165, 1.54) is 38.5 Å². The second-order valence-electron chi connectivity index (χ2n) is 13.0. The molecule has 0 heterocycles. The molecule has 0 spiro atoms. The summed E-state index contributed by atoms with van der Waals surface area (Å²) in [5, 5.41) is 11.9. The SMILES string of the molecule is CC/C=C\C/C=C\C/C=C\CCCCCCCCCC(=O)OC(/C=C\C/C=C\CCCC)CCCCCCC(=O)NC(CCCN)C(=O)O. The monoisotopic (exact) mass is 685 g/mol. The smallest absolute Gasteiger partial charge is 0.326 e. The molecule has 0 radical (unpaired) electrons. The molecule has 0 aliphatic heterocycles. The summed E-state index contributed by atoms with van der Waals surface area (Å²) in [4.78, 5) is 36.2. The lowest BCUT2D eigenvalue weighted by Crippen LogP contribution is -2.40. The Labute approximate surface area is 300 Å². The lowest BCUT2D eigenvalue weighted by Gasteiger charge is -2.15. The van der Waals surface area contributed by atoms with Crippen molar-refractivity contribution in [3.63, 3.8) is 0 Å². The molecule has 7 nitrogen and oxygen atoms in total. The lowest BCUT2D eigenvalue weighted by atomic mass is 10.1. The molecule has 0 aliphatic rings. The van der Waals surface area contributed by atoms with Crippen LogP contribution in [0.15, 0.2) is 60.8 Å². The summed E-state index contributed by atoms with van der Waals surface area (Å²) in [6.45, 7) is 4.75. The van der Waals surface area contributed by atoms with Gasteiger partial charge in [0, 0.05) is 12.8 Å². The van der Waals surface area contributed by atoms with Gasteiger partial charge in [0.15, 0.2) is 0 Å². The van der Waals surface area contributed by atoms with Gasteiger partial charge in [-0.1, -0.05) is 126 Å². The molecular formula is C42H72N2O5. The quantitative estimate of drug-likeness (QED) is 0.0353. The van der Waals surface area contributed by atoms with Crippen molar-refractivity contribution in [2.45, 2.75) is 180 Å². The molecule has 0 aromatic rings. The first-order valence-electron chi connectivity index (χ1n) is 19.6. The number of hydrogen-bond donors (Lipinski definition) is 3. The first kappa shape index (κ1) is 46.1. The van der Waals surface area contributed by atoms with Crippen molar-refractivity contribution < 1.29 is 24.2 Å². The Hall–Kier alpha value is -2.93. The summed E-state index contributed by atoms with van der Waals surface area (Å²) in [7, 11) is 0. The predicted octanol–water partition coefficient (Wildman–Crippen LogP) is 10.6. The van der Waals surface area contributed by atoms with Crippen molar-refractivity contribution in [1.29, 1.82) is 0 Å². The Morgan fingerprint density at radius 1 is 0.633 bits per heavy atom. The number of hydrogen-bond acceptors (Lipinski definition) is 5. The number of carboxylic acids is 1. The Bertz CT molecular complexity index is 953. The highest BCUT2D eigenvalue weighted by Crippen LogP contribution is 2.15. The first-order valence-corrected chi connectivity index (χ1v) is 19.6. The van der Waals surface area contributed by atoms with E-state index in [1.54, 1.807) is 0 Å². The van der Waals surface area contributed by atoms with Gasteiger partial charge in [-0.15, -0.1) is 0 Å². The molecule has 0 aromatic carbocycles. The highest BCUT2D eigenvalue weighted by atomic mass is 16.5. The van der Waals surface area contributed by atoms with Crippen LogP contribution in [0.1, 0.15) is 168 Å². The summed E-state index contributed by atoms with van der Waals surface area (Å²) in [5.74, 6) is -1.37. The normalized spacial score (nSPS) is 13.4. The van der Waals surface area contributed by atoms with Crippen LogP contribution in [0.25, 0.3) is 0 Å². The van der Waals surface area contributed by atoms with Crippen LogP contribution in [-0.4, -0.2) is 41.6 Å². The molecule has 280 valence electrons. The van der Waals surface area contributed by atoms with E-state index in [2.05, 4.69) is 73.8 Å². The molecule has 1 amide bonds. The molecule has 2 unspecified atom stereocenters. The van der Waals surface area contributed by atoms with E-state index in [9.17, 15) is 19.5 Å². The number of esters is 1. The second-order valence-corrected chi connectivity index (χ2v) is 13.0. The molecule has 0 aromatic heterocycles. The van der Waals surface area contributed by atoms with Gasteiger partial charge < -0.3 is 20.9 Å². The molecule has 0 aliphatic carbocycles. The first-order chi connectivity index (χ1) is 23.9. The van der Waals surface area contributed by atoms with Gasteiger partial charge in [0.05, 0.1) is 0 Å². The molecule has 0 rings (SSSR count). The average molecular weight is 685 g/mol. The van der Waals surface area contributed by atoms with Gasteiger partial charge in [-0.25, -0.2) is 4.79 Å². The highest BCUT2D eigenvalue weighted by Gasteiger charge is 2.19. The highest BCUT2D eigenvalue weighted by molar-refractivity contribution is 5.83. The maximum absolute atomic E-state index is 12.7. The van der Waals surface area contributed by atoms with Crippen LogP contribution in [-0.2, 0) is 19.1 Å². The zero-order chi connectivity index (χ0) is 36.0. The van der Waals surface area contributed by atoms with Crippen LogP contribution < -0.4 is 11.1 Å². The second kappa shape index (κ2) is 36.4. The van der Waals surface area contributed by atoms with Crippen molar-refractivity contribution in [3.05, 3.63) is 60.8 Å². The number of carbonyl (C=O) groups is 3. The van der Waals surface area contributed by atoms with E-state index in [4.69, 9.17) is 10.5 Å². The third kappa shape index (κ3) is 33.3. The van der Waals surface area contributed by atoms with Gasteiger partial charge in [0.25, 0.3) is 0 Å². The van der Waals surface area contributed by atoms with E-state index in [1.807, 2.05) is 6.08 Å². The minimum atomic E-state index is -1.02. The summed E-state index contributed by atoms with van der Waals surface area (Å²) in [6.07, 6.45) is 44.2. The van der Waals surface area contributed by atoms with Crippen LogP contribution in [0.3, 0.4) is 0 Å². The zero-order valence-corrected chi connectivity index (χ0v) is 31.3. The third-order valence-electron chi connectivity index (χ3n) is 8.30. The van der Waals surface area contributed by atoms with E-state index in [0.717, 1.165) is 83.5 Å². The summed E-state index contributed by atoms with van der Waals surface area (Å²) < 4.78 is 5.88. The Morgan fingerprint density at radius 3 is 1.82 bits per heavy atom. The number of carboxylic acid groups (broad SMARTS) is 1. The number of amides is 1. The van der Waals surface area contributed by atoms with Crippen molar-refractivity contribution in [1.82, 2.24) is 5.32 Å². The van der Waals surface area contributed by atoms with Crippen molar-refractivity contribution >= 4 is 17.8 Å². The van der Waals surface area contributed by atoms with E-state index in [-0.39, 0.29) is 18.0 Å². The molecule has 2 atom stereocenters. The van der Waals surface area contributed by atoms with Crippen LogP contribution >= 0.6 is 0 Å². The number of nitrogens with two attached hydrogens (primary N) is 1. The maximum Gasteiger partial charge on any atom is 0.326 e. The molecule has 7 heteroatoms. The summed E-state index contributed by atoms with van der Waals surface area (Å²) in [5.41, 5.74) is 5.47. The Kier molecular flexibility index (Phi) is 34.2. The van der Waals surface area contributed by atoms with Crippen molar-refractivity contribution in [2.24, 2.45) is 5.73 Å². The lowest BCUT2D eigenvalue weighted by molar-refractivity contribution is -0.147. The number of nitrogens with one attached hydrogen (secondary N) is 1. The van der Waals surface area contributed by atoms with Crippen LogP contribution in [0.2, 0.25) is 0 Å². The molecular weight excluding hydrogens is 612 g/mol. The Morgan fingerprint density at radius 2 is 1.18 bits per heavy atom. The largest absolute Gasteiger partial charge is 0.480 e. The number of rotatable bonds is 34. The zero-order valence-electron chi connectivity index (χ0n) is 31.3. The van der Waals surface area contributed by atoms with Gasteiger partial charge in [0.2, 0.25) is 5.91 Å². The van der Waals surface area contributed by atoms with Crippen LogP contribution in [0.4, 0.5) is 0 Å². The molecule has 0 saturated carbocycles. The van der Waals surface area contributed by atoms with Gasteiger partial charge in [0.1, 0.15) is 12.1 Å². The van der Waals surface area contributed by atoms with Crippen LogP contribution in [0, 0.1) is 0 Å². The molecule has 0 fully saturated rings. The van der Waals surface area contributed by atoms with E-state index in [0.29, 0.717) is 38.6 Å². The standard InChI is InChI=1S/C42H72N2O5/c1-3-5-7-9-11-12-13-14-15-16-17-18-19-20-22-24-30-36-41(46)49-38(32-27-23-21-10-8-6-4-2)33-28-25-26-29-35-40(45)44-39(42(47)48)34-31-37-43/h5,7,10-12,14-15,21,27,32,38-39H,3-4,6,8-9,13,16-20,22-26,28-31,33-37,43H2,1-2H3,(H,44,45)(H,47,48)/b7-5-,12-11-,15-14-,21-10-,32-27-. The summed E-state index contributed by atoms with van der Waals surface area (Å²) in [6, 6.07) is -0.876. The number of unbranched alkanes of at least 4 members (excludes halogenated alkanes) is 12. The molecule has 0 saturated heterocycles. The van der Waals surface area contributed by atoms with Crippen molar-refractivity contribution in [2.75, 3.05) is 6.54 Å². The minimum Gasteiger partial charge on any atom is -0.480 e. The van der Waals surface area contributed by atoms with E-state index < -0.39 is 12.0 Å². The van der Waals surface area contributed by atoms with Gasteiger partial charge >= 0.3 is 11.9 Å². The topological polar surface area (TPSA) is 119 Å². The fourth-order valence-corrected chi connectivity index (χ4v) is 5.34. The number of ether oxygens (including phenoxy) is 1. The number of aliphatic carboxylic acids is 1. The molecule has 49 heavy (non-hydrogen) atoms. The summed E-state index contributed by atoms with van der Waals surface area (Å²) >= 11 is 0. The van der Waals surface area contributed by atoms with E-state index >= 15 is 0 Å². The molecule has 4 N–H and O–H groups in total. The fraction of sp³-hybridized carbons (Fsp3) is 0.690. The maximum atomic E-state index is 12.7. The number of carbonyl (C=O) groups excluding carboxylic acids is 2. The molecule has 0 bridgehead atoms. The van der Waals surface area contributed by atoms with Gasteiger partial charge in [-0.05, 0) is 96.1 Å². The number of allylic oxidation sites excluding steroid dienone is 9. The predicted molar refractivity (Wildman–Crippen MR) is 206 cm³/mol. The average Bonchev–Trinajstić information content (AvgIpc) is 3.08. The van der Waals surface area contributed by atoms with Crippen molar-refractivity contribution in [3.8, 4) is 0 Å². The Balaban J connectivity index is 4.28. The van der Waals surface area contributed by atoms with Gasteiger partial charge in [-0.3, -0.25) is 9.59 Å².